The van der Waals surface area contributed by atoms with E-state index in [1.54, 1.807) is 6.92 Å². The first kappa shape index (κ1) is 16.1. The van der Waals surface area contributed by atoms with Gasteiger partial charge < -0.3 is 10.1 Å². The maximum Gasteiger partial charge on any atom is 0.265 e. The number of hydrogen-bond acceptors (Lipinski definition) is 2. The van der Waals surface area contributed by atoms with E-state index in [4.69, 9.17) is 4.74 Å². The molecular formula is C19H23NO2. The summed E-state index contributed by atoms with van der Waals surface area (Å²) in [4.78, 5) is 12.3. The van der Waals surface area contributed by atoms with Crippen LogP contribution in [0.5, 0.6) is 5.75 Å². The lowest BCUT2D eigenvalue weighted by atomic mass is 10.1. The second-order valence-electron chi connectivity index (χ2n) is 5.49. The highest BCUT2D eigenvalue weighted by Gasteiger charge is 2.16. The molecule has 0 aliphatic heterocycles. The summed E-state index contributed by atoms with van der Waals surface area (Å²) in [6, 6.07) is 13.7. The van der Waals surface area contributed by atoms with Gasteiger partial charge in [-0.05, 0) is 62.1 Å². The first-order chi connectivity index (χ1) is 10.5. The van der Waals surface area contributed by atoms with Gasteiger partial charge in [-0.3, -0.25) is 4.79 Å². The topological polar surface area (TPSA) is 38.3 Å². The first-order valence-corrected chi connectivity index (χ1v) is 7.64. The van der Waals surface area contributed by atoms with Crippen molar-refractivity contribution in [2.24, 2.45) is 0 Å². The van der Waals surface area contributed by atoms with Gasteiger partial charge in [-0.25, -0.2) is 0 Å². The van der Waals surface area contributed by atoms with E-state index in [-0.39, 0.29) is 5.91 Å². The molecule has 0 heterocycles. The molecule has 0 saturated heterocycles. The van der Waals surface area contributed by atoms with E-state index in [1.807, 2.05) is 56.3 Å². The van der Waals surface area contributed by atoms with Crippen molar-refractivity contribution in [1.82, 2.24) is 0 Å². The Morgan fingerprint density at radius 3 is 2.45 bits per heavy atom. The lowest BCUT2D eigenvalue weighted by Gasteiger charge is -2.16. The fourth-order valence-electron chi connectivity index (χ4n) is 2.18. The van der Waals surface area contributed by atoms with E-state index in [0.29, 0.717) is 5.75 Å². The van der Waals surface area contributed by atoms with E-state index in [0.717, 1.165) is 23.2 Å². The summed E-state index contributed by atoms with van der Waals surface area (Å²) in [7, 11) is 0. The number of carbonyl (C=O) groups is 1. The van der Waals surface area contributed by atoms with Crippen molar-refractivity contribution in [3.63, 3.8) is 0 Å². The van der Waals surface area contributed by atoms with Gasteiger partial charge in [0.1, 0.15) is 5.75 Å². The zero-order valence-electron chi connectivity index (χ0n) is 13.6. The van der Waals surface area contributed by atoms with Crippen LogP contribution in [0.15, 0.2) is 42.5 Å². The highest BCUT2D eigenvalue weighted by molar-refractivity contribution is 5.94. The van der Waals surface area contributed by atoms with E-state index >= 15 is 0 Å². The molecule has 22 heavy (non-hydrogen) atoms. The van der Waals surface area contributed by atoms with Gasteiger partial charge in [0.05, 0.1) is 0 Å². The summed E-state index contributed by atoms with van der Waals surface area (Å²) in [5, 5.41) is 2.93. The van der Waals surface area contributed by atoms with Crippen LogP contribution in [0.4, 0.5) is 5.69 Å². The molecule has 2 aromatic carbocycles. The Kier molecular flexibility index (Phi) is 5.21. The molecule has 0 fully saturated rings. The Morgan fingerprint density at radius 1 is 1.14 bits per heavy atom. The highest BCUT2D eigenvalue weighted by atomic mass is 16.5. The summed E-state index contributed by atoms with van der Waals surface area (Å²) in [6.45, 7) is 7.89. The van der Waals surface area contributed by atoms with Gasteiger partial charge in [0.2, 0.25) is 0 Å². The number of rotatable bonds is 5. The van der Waals surface area contributed by atoms with Crippen molar-refractivity contribution in [2.75, 3.05) is 5.32 Å². The predicted molar refractivity (Wildman–Crippen MR) is 90.5 cm³/mol. The number of ether oxygens (including phenoxy) is 1. The smallest absolute Gasteiger partial charge is 0.265 e. The Morgan fingerprint density at radius 2 is 1.82 bits per heavy atom. The molecule has 3 heteroatoms. The summed E-state index contributed by atoms with van der Waals surface area (Å²) >= 11 is 0. The molecule has 1 unspecified atom stereocenters. The van der Waals surface area contributed by atoms with Crippen LogP contribution in [-0.2, 0) is 11.2 Å². The Hall–Kier alpha value is -2.29. The number of hydrogen-bond donors (Lipinski definition) is 1. The second kappa shape index (κ2) is 7.12. The molecule has 1 atom stereocenters. The van der Waals surface area contributed by atoms with Crippen molar-refractivity contribution in [3.8, 4) is 5.75 Å². The lowest BCUT2D eigenvalue weighted by Crippen LogP contribution is -2.30. The standard InChI is InChI=1S/C19H23NO2/c1-5-16-9-11-17(12-10-16)22-15(4)19(21)20-18-8-6-7-13(2)14(18)3/h6-12,15H,5H2,1-4H3,(H,20,21). The minimum Gasteiger partial charge on any atom is -0.481 e. The van der Waals surface area contributed by atoms with Gasteiger partial charge in [-0.15, -0.1) is 0 Å². The molecule has 0 aliphatic rings. The van der Waals surface area contributed by atoms with Gasteiger partial charge in [-0.1, -0.05) is 31.2 Å². The summed E-state index contributed by atoms with van der Waals surface area (Å²) in [5.41, 5.74) is 4.32. The van der Waals surface area contributed by atoms with Crippen LogP contribution in [0.25, 0.3) is 0 Å². The molecule has 1 N–H and O–H groups in total. The Balaban J connectivity index is 2.01. The minimum atomic E-state index is -0.549. The van der Waals surface area contributed by atoms with E-state index < -0.39 is 6.10 Å². The Labute approximate surface area is 132 Å². The van der Waals surface area contributed by atoms with Crippen LogP contribution < -0.4 is 10.1 Å². The zero-order chi connectivity index (χ0) is 16.1. The third-order valence-electron chi connectivity index (χ3n) is 3.88. The van der Waals surface area contributed by atoms with Crippen molar-refractivity contribution in [2.45, 2.75) is 40.2 Å². The number of aryl methyl sites for hydroxylation is 2. The molecule has 116 valence electrons. The van der Waals surface area contributed by atoms with E-state index in [1.165, 1.54) is 5.56 Å². The monoisotopic (exact) mass is 297 g/mol. The van der Waals surface area contributed by atoms with Gasteiger partial charge in [0, 0.05) is 5.69 Å². The molecule has 0 aromatic heterocycles. The molecule has 0 spiro atoms. The maximum absolute atomic E-state index is 12.3. The van der Waals surface area contributed by atoms with Crippen LogP contribution in [0, 0.1) is 13.8 Å². The Bertz CT molecular complexity index is 647. The average Bonchev–Trinajstić information content (AvgIpc) is 2.52. The second-order valence-corrected chi connectivity index (χ2v) is 5.49. The van der Waals surface area contributed by atoms with Crippen molar-refractivity contribution < 1.29 is 9.53 Å². The molecular weight excluding hydrogens is 274 g/mol. The lowest BCUT2D eigenvalue weighted by molar-refractivity contribution is -0.122. The first-order valence-electron chi connectivity index (χ1n) is 7.64. The molecule has 0 saturated carbocycles. The van der Waals surface area contributed by atoms with Crippen LogP contribution >= 0.6 is 0 Å². The molecule has 0 bridgehead atoms. The maximum atomic E-state index is 12.3. The SMILES string of the molecule is CCc1ccc(OC(C)C(=O)Nc2cccc(C)c2C)cc1. The third kappa shape index (κ3) is 3.88. The molecule has 2 aromatic rings. The number of amides is 1. The van der Waals surface area contributed by atoms with Crippen LogP contribution in [-0.4, -0.2) is 12.0 Å². The van der Waals surface area contributed by atoms with Gasteiger partial charge in [-0.2, -0.15) is 0 Å². The number of nitrogens with one attached hydrogen (secondary N) is 1. The number of anilines is 1. The molecule has 3 nitrogen and oxygen atoms in total. The van der Waals surface area contributed by atoms with Gasteiger partial charge in [0.15, 0.2) is 6.10 Å². The van der Waals surface area contributed by atoms with Crippen molar-refractivity contribution in [3.05, 3.63) is 59.2 Å². The fourth-order valence-corrected chi connectivity index (χ4v) is 2.18. The van der Waals surface area contributed by atoms with Crippen LogP contribution in [0.2, 0.25) is 0 Å². The summed E-state index contributed by atoms with van der Waals surface area (Å²) < 4.78 is 5.71. The highest BCUT2D eigenvalue weighted by Crippen LogP contribution is 2.19. The molecule has 2 rings (SSSR count). The number of carbonyl (C=O) groups excluding carboxylic acids is 1. The summed E-state index contributed by atoms with van der Waals surface area (Å²) in [5.74, 6) is 0.564. The summed E-state index contributed by atoms with van der Waals surface area (Å²) in [6.07, 6.45) is 0.440. The molecule has 1 amide bonds. The quantitative estimate of drug-likeness (QED) is 0.895. The molecule has 0 aliphatic carbocycles. The zero-order valence-corrected chi connectivity index (χ0v) is 13.6. The van der Waals surface area contributed by atoms with Crippen molar-refractivity contribution in [1.29, 1.82) is 0 Å². The fraction of sp³-hybridized carbons (Fsp3) is 0.316. The average molecular weight is 297 g/mol. The number of benzene rings is 2. The predicted octanol–water partition coefficient (Wildman–Crippen LogP) is 4.27. The van der Waals surface area contributed by atoms with Crippen molar-refractivity contribution >= 4 is 11.6 Å². The van der Waals surface area contributed by atoms with Crippen LogP contribution in [0.3, 0.4) is 0 Å². The third-order valence-corrected chi connectivity index (χ3v) is 3.88. The van der Waals surface area contributed by atoms with Gasteiger partial charge in [0.25, 0.3) is 5.91 Å². The molecule has 0 radical (unpaired) electrons. The van der Waals surface area contributed by atoms with E-state index in [2.05, 4.69) is 12.2 Å². The van der Waals surface area contributed by atoms with E-state index in [9.17, 15) is 4.79 Å². The minimum absolute atomic E-state index is 0.145. The normalized spacial score (nSPS) is 11.8. The van der Waals surface area contributed by atoms with Gasteiger partial charge >= 0.3 is 0 Å². The largest absolute Gasteiger partial charge is 0.481 e. The van der Waals surface area contributed by atoms with Crippen LogP contribution in [0.1, 0.15) is 30.5 Å².